The molecule has 1 aromatic rings. The summed E-state index contributed by atoms with van der Waals surface area (Å²) >= 11 is 12.8. The molecule has 78 valence electrons. The minimum absolute atomic E-state index is 0.284. The molecule has 0 saturated carbocycles. The van der Waals surface area contributed by atoms with E-state index in [1.807, 2.05) is 0 Å². The van der Waals surface area contributed by atoms with Gasteiger partial charge in [0.15, 0.2) is 0 Å². The molecule has 4 heteroatoms. The van der Waals surface area contributed by atoms with Crippen molar-refractivity contribution in [3.63, 3.8) is 0 Å². The van der Waals surface area contributed by atoms with E-state index < -0.39 is 0 Å². The Morgan fingerprint density at radius 1 is 1.29 bits per heavy atom. The van der Waals surface area contributed by atoms with Gasteiger partial charge in [-0.1, -0.05) is 49.5 Å². The number of halogens is 4. The van der Waals surface area contributed by atoms with Crippen molar-refractivity contribution in [3.8, 4) is 0 Å². The zero-order valence-electron chi connectivity index (χ0n) is 7.44. The summed E-state index contributed by atoms with van der Waals surface area (Å²) < 4.78 is 12.7. The Morgan fingerprint density at radius 3 is 2.43 bits per heavy atom. The van der Waals surface area contributed by atoms with Crippen molar-refractivity contribution < 1.29 is 4.39 Å². The zero-order valence-corrected chi connectivity index (χ0v) is 11.4. The van der Waals surface area contributed by atoms with Gasteiger partial charge in [0.1, 0.15) is 5.82 Å². The predicted octanol–water partition coefficient (Wildman–Crippen LogP) is 4.43. The maximum absolute atomic E-state index is 12.7. The monoisotopic (exact) mass is 342 g/mol. The maximum Gasteiger partial charge on any atom is 0.124 e. The van der Waals surface area contributed by atoms with Crippen molar-refractivity contribution >= 4 is 43.5 Å². The van der Waals surface area contributed by atoms with E-state index in [2.05, 4.69) is 31.9 Å². The van der Waals surface area contributed by atoms with Gasteiger partial charge in [-0.05, 0) is 30.0 Å². The fraction of sp³-hybridized carbons (Fsp3) is 0.400. The number of rotatable bonds is 4. The van der Waals surface area contributed by atoms with E-state index in [1.165, 1.54) is 12.1 Å². The normalized spacial score (nSPS) is 10.9. The summed E-state index contributed by atoms with van der Waals surface area (Å²) in [7, 11) is 0. The summed E-state index contributed by atoms with van der Waals surface area (Å²) in [5.74, 6) is 0.200. The van der Waals surface area contributed by atoms with E-state index in [0.717, 1.165) is 22.6 Å². The second-order valence-corrected chi connectivity index (χ2v) is 4.82. The Bertz CT molecular complexity index is 300. The highest BCUT2D eigenvalue weighted by Crippen LogP contribution is 2.22. The third-order valence-corrected chi connectivity index (χ3v) is 4.14. The molecule has 0 bridgehead atoms. The topological polar surface area (TPSA) is 0 Å². The molecule has 0 aliphatic rings. The molecule has 0 atom stereocenters. The molecule has 0 aliphatic heterocycles. The minimum atomic E-state index is -0.284. The number of hydrogen-bond acceptors (Lipinski definition) is 0. The molecular weight excluding hydrogens is 334 g/mol. The summed E-state index contributed by atoms with van der Waals surface area (Å²) in [5.41, 5.74) is 0.997. The van der Waals surface area contributed by atoms with Crippen LogP contribution in [0.15, 0.2) is 18.2 Å². The van der Waals surface area contributed by atoms with Crippen LogP contribution in [-0.4, -0.2) is 10.7 Å². The molecule has 0 saturated heterocycles. The van der Waals surface area contributed by atoms with E-state index in [9.17, 15) is 4.39 Å². The number of hydrogen-bond donors (Lipinski definition) is 0. The Kier molecular flexibility index (Phi) is 5.42. The van der Waals surface area contributed by atoms with Crippen molar-refractivity contribution in [1.29, 1.82) is 0 Å². The van der Waals surface area contributed by atoms with Gasteiger partial charge in [0.25, 0.3) is 0 Å². The summed E-state index contributed by atoms with van der Waals surface area (Å²) in [4.78, 5) is 0. The van der Waals surface area contributed by atoms with E-state index in [1.54, 1.807) is 6.07 Å². The highest BCUT2D eigenvalue weighted by molar-refractivity contribution is 9.09. The molecule has 0 radical (unpaired) electrons. The second-order valence-electron chi connectivity index (χ2n) is 3.11. The van der Waals surface area contributed by atoms with Crippen molar-refractivity contribution in [2.45, 2.75) is 6.42 Å². The van der Waals surface area contributed by atoms with Gasteiger partial charge in [0, 0.05) is 15.7 Å². The quantitative estimate of drug-likeness (QED) is 0.709. The summed E-state index contributed by atoms with van der Waals surface area (Å²) in [5, 5.41) is 2.33. The average molecular weight is 344 g/mol. The maximum atomic E-state index is 12.7. The van der Waals surface area contributed by atoms with Crippen LogP contribution in [-0.2, 0) is 6.42 Å². The lowest BCUT2D eigenvalue weighted by Gasteiger charge is -2.11. The van der Waals surface area contributed by atoms with Crippen molar-refractivity contribution in [1.82, 2.24) is 0 Å². The fourth-order valence-electron chi connectivity index (χ4n) is 1.15. The summed E-state index contributed by atoms with van der Waals surface area (Å²) in [6, 6.07) is 4.55. The SMILES string of the molecule is Fc1ccc(CC(CBr)CBr)c(Cl)c1. The van der Waals surface area contributed by atoms with Gasteiger partial charge in [0.2, 0.25) is 0 Å². The molecule has 0 fully saturated rings. The van der Waals surface area contributed by atoms with Gasteiger partial charge in [-0.15, -0.1) is 0 Å². The molecule has 14 heavy (non-hydrogen) atoms. The predicted molar refractivity (Wildman–Crippen MR) is 66.2 cm³/mol. The third-order valence-electron chi connectivity index (χ3n) is 1.96. The van der Waals surface area contributed by atoms with Crippen LogP contribution in [0.2, 0.25) is 5.02 Å². The molecule has 0 spiro atoms. The van der Waals surface area contributed by atoms with E-state index >= 15 is 0 Å². The van der Waals surface area contributed by atoms with Crippen molar-refractivity contribution in [2.24, 2.45) is 5.92 Å². The summed E-state index contributed by atoms with van der Waals surface area (Å²) in [6.07, 6.45) is 0.857. The molecule has 0 amide bonds. The summed E-state index contributed by atoms with van der Waals surface area (Å²) in [6.45, 7) is 0. The number of alkyl halides is 2. The van der Waals surface area contributed by atoms with Crippen LogP contribution in [0, 0.1) is 11.7 Å². The fourth-order valence-corrected chi connectivity index (χ4v) is 2.92. The lowest BCUT2D eigenvalue weighted by Crippen LogP contribution is -2.07. The van der Waals surface area contributed by atoms with Gasteiger partial charge in [-0.25, -0.2) is 4.39 Å². The molecular formula is C10H10Br2ClF. The van der Waals surface area contributed by atoms with Crippen molar-refractivity contribution in [3.05, 3.63) is 34.6 Å². The highest BCUT2D eigenvalue weighted by Gasteiger charge is 2.09. The van der Waals surface area contributed by atoms with Crippen LogP contribution >= 0.6 is 43.5 Å². The minimum Gasteiger partial charge on any atom is -0.207 e. The first-order valence-electron chi connectivity index (χ1n) is 4.23. The van der Waals surface area contributed by atoms with Crippen LogP contribution in [0.3, 0.4) is 0 Å². The van der Waals surface area contributed by atoms with Gasteiger partial charge in [-0.2, -0.15) is 0 Å². The van der Waals surface area contributed by atoms with Gasteiger partial charge < -0.3 is 0 Å². The molecule has 0 nitrogen and oxygen atoms in total. The second kappa shape index (κ2) is 6.09. The molecule has 1 rings (SSSR count). The molecule has 0 aliphatic carbocycles. The first-order chi connectivity index (χ1) is 6.67. The first kappa shape index (κ1) is 12.5. The van der Waals surface area contributed by atoms with E-state index in [4.69, 9.17) is 11.6 Å². The smallest absolute Gasteiger partial charge is 0.124 e. The van der Waals surface area contributed by atoms with Crippen molar-refractivity contribution in [2.75, 3.05) is 10.7 Å². The van der Waals surface area contributed by atoms with Crippen LogP contribution < -0.4 is 0 Å². The molecule has 0 heterocycles. The van der Waals surface area contributed by atoms with E-state index in [0.29, 0.717) is 10.9 Å². The average Bonchev–Trinajstić information content (AvgIpc) is 2.17. The Hall–Kier alpha value is 0.400. The Labute approximate surface area is 105 Å². The standard InChI is InChI=1S/C10H10Br2ClF/c11-5-7(6-12)3-8-1-2-9(14)4-10(8)13/h1-2,4,7H,3,5-6H2. The Morgan fingerprint density at radius 2 is 1.93 bits per heavy atom. The number of benzene rings is 1. The Balaban J connectivity index is 2.76. The lowest BCUT2D eigenvalue weighted by atomic mass is 10.0. The van der Waals surface area contributed by atoms with Crippen LogP contribution in [0.4, 0.5) is 4.39 Å². The lowest BCUT2D eigenvalue weighted by molar-refractivity contribution is 0.624. The molecule has 0 aromatic heterocycles. The molecule has 1 aromatic carbocycles. The first-order valence-corrected chi connectivity index (χ1v) is 6.85. The molecule has 0 unspecified atom stereocenters. The third kappa shape index (κ3) is 3.52. The van der Waals surface area contributed by atoms with Gasteiger partial charge >= 0.3 is 0 Å². The largest absolute Gasteiger partial charge is 0.207 e. The van der Waals surface area contributed by atoms with E-state index in [-0.39, 0.29) is 5.82 Å². The van der Waals surface area contributed by atoms with Gasteiger partial charge in [0.05, 0.1) is 0 Å². The highest BCUT2D eigenvalue weighted by atomic mass is 79.9. The van der Waals surface area contributed by atoms with Crippen LogP contribution in [0.25, 0.3) is 0 Å². The van der Waals surface area contributed by atoms with Gasteiger partial charge in [-0.3, -0.25) is 0 Å². The molecule has 0 N–H and O–H groups in total. The zero-order chi connectivity index (χ0) is 10.6. The van der Waals surface area contributed by atoms with Crippen LogP contribution in [0.1, 0.15) is 5.56 Å². The van der Waals surface area contributed by atoms with Crippen LogP contribution in [0.5, 0.6) is 0 Å².